The van der Waals surface area contributed by atoms with E-state index in [4.69, 9.17) is 11.5 Å². The number of aromatic nitrogens is 1. The van der Waals surface area contributed by atoms with Gasteiger partial charge in [0.25, 0.3) is 0 Å². The first kappa shape index (κ1) is 26.2. The number of hydrogen-bond donors (Lipinski definition) is 4. The third kappa shape index (κ3) is 6.10. The summed E-state index contributed by atoms with van der Waals surface area (Å²) in [4.78, 5) is 31.8. The van der Waals surface area contributed by atoms with Gasteiger partial charge in [-0.3, -0.25) is 9.59 Å². The van der Waals surface area contributed by atoms with E-state index in [9.17, 15) is 23.5 Å². The fraction of sp³-hybridized carbons (Fsp3) is 0.296. The molecule has 194 valence electrons. The lowest BCUT2D eigenvalue weighted by Gasteiger charge is -2.27. The van der Waals surface area contributed by atoms with Crippen molar-refractivity contribution in [1.82, 2.24) is 15.2 Å². The van der Waals surface area contributed by atoms with E-state index in [2.05, 4.69) is 10.3 Å². The molecular weight excluding hydrogens is 480 g/mol. The predicted octanol–water partition coefficient (Wildman–Crippen LogP) is 2.01. The van der Waals surface area contributed by atoms with Crippen molar-refractivity contribution in [1.29, 1.82) is 0 Å². The number of benzene rings is 2. The summed E-state index contributed by atoms with van der Waals surface area (Å²) in [7, 11) is 0. The molecule has 3 aromatic rings. The summed E-state index contributed by atoms with van der Waals surface area (Å²) in [5, 5.41) is 14.2. The minimum absolute atomic E-state index is 0.0688. The number of anilines is 1. The number of halogens is 2. The lowest BCUT2D eigenvalue weighted by molar-refractivity contribution is -0.139. The van der Waals surface area contributed by atoms with Crippen LogP contribution in [0, 0.1) is 11.6 Å². The number of amides is 2. The van der Waals surface area contributed by atoms with Crippen LogP contribution in [0.2, 0.25) is 0 Å². The molecule has 0 aliphatic carbocycles. The predicted molar refractivity (Wildman–Crippen MR) is 134 cm³/mol. The number of nitrogens with two attached hydrogens (primary N) is 2. The highest BCUT2D eigenvalue weighted by atomic mass is 19.2. The van der Waals surface area contributed by atoms with Gasteiger partial charge in [0.15, 0.2) is 11.6 Å². The molecule has 0 radical (unpaired) electrons. The minimum Gasteiger partial charge on any atom is -0.384 e. The molecule has 1 fully saturated rings. The van der Waals surface area contributed by atoms with Crippen LogP contribution in [0.4, 0.5) is 14.6 Å². The third-order valence-electron chi connectivity index (χ3n) is 6.60. The van der Waals surface area contributed by atoms with Gasteiger partial charge in [-0.1, -0.05) is 36.4 Å². The number of rotatable bonds is 8. The molecule has 0 spiro atoms. The average molecular weight is 510 g/mol. The second-order valence-electron chi connectivity index (χ2n) is 9.28. The van der Waals surface area contributed by atoms with E-state index in [-0.39, 0.29) is 25.1 Å². The number of carbonyl (C=O) groups is 2. The number of pyridine rings is 1. The topological polar surface area (TPSA) is 135 Å². The maximum absolute atomic E-state index is 14.0. The molecule has 2 aromatic carbocycles. The van der Waals surface area contributed by atoms with Crippen molar-refractivity contribution in [2.24, 2.45) is 5.73 Å². The van der Waals surface area contributed by atoms with Crippen molar-refractivity contribution in [2.45, 2.75) is 43.5 Å². The van der Waals surface area contributed by atoms with Crippen molar-refractivity contribution in [2.75, 3.05) is 12.3 Å². The van der Waals surface area contributed by atoms with Crippen molar-refractivity contribution in [3.63, 3.8) is 0 Å². The number of aryl methyl sites for hydroxylation is 1. The normalized spacial score (nSPS) is 20.0. The molecule has 4 rings (SSSR count). The van der Waals surface area contributed by atoms with Crippen molar-refractivity contribution in [3.8, 4) is 0 Å². The lowest BCUT2D eigenvalue weighted by Crippen LogP contribution is -2.51. The zero-order valence-electron chi connectivity index (χ0n) is 20.1. The van der Waals surface area contributed by atoms with E-state index >= 15 is 0 Å². The van der Waals surface area contributed by atoms with Gasteiger partial charge >= 0.3 is 0 Å². The molecule has 1 saturated heterocycles. The smallest absolute Gasteiger partial charge is 0.243 e. The first-order valence-corrected chi connectivity index (χ1v) is 11.9. The summed E-state index contributed by atoms with van der Waals surface area (Å²) >= 11 is 0. The second kappa shape index (κ2) is 11.0. The number of hydrogen-bond acceptors (Lipinski definition) is 6. The molecule has 2 amide bonds. The van der Waals surface area contributed by atoms with Gasteiger partial charge in [0, 0.05) is 19.2 Å². The standard InChI is InChI=1S/C27H29F2N5O3/c28-20-8-7-19(13-21(20)29)27(37)14-23(25(35)33-15-18-10-11-32-24(31)12-18)34(16-27)26(36)22(30)9-6-17-4-2-1-3-5-17/h1-5,7-8,10-13,22-23,37H,6,9,14-16,30H2,(H2,31,32)(H,33,35). The molecular formula is C27H29F2N5O3. The Morgan fingerprint density at radius 1 is 1.11 bits per heavy atom. The van der Waals surface area contributed by atoms with Gasteiger partial charge in [-0.15, -0.1) is 0 Å². The molecule has 1 aliphatic rings. The molecule has 6 N–H and O–H groups in total. The zero-order chi connectivity index (χ0) is 26.6. The van der Waals surface area contributed by atoms with E-state index < -0.39 is 41.1 Å². The number of carbonyl (C=O) groups excluding carboxylic acids is 2. The third-order valence-corrected chi connectivity index (χ3v) is 6.60. The van der Waals surface area contributed by atoms with E-state index in [1.54, 1.807) is 12.1 Å². The molecule has 0 bridgehead atoms. The summed E-state index contributed by atoms with van der Waals surface area (Å²) in [6.07, 6.45) is 2.18. The van der Waals surface area contributed by atoms with Crippen LogP contribution in [0.3, 0.4) is 0 Å². The Labute approximate surface area is 213 Å². The van der Waals surface area contributed by atoms with Gasteiger partial charge < -0.3 is 26.8 Å². The molecule has 1 aromatic heterocycles. The summed E-state index contributed by atoms with van der Waals surface area (Å²) in [6, 6.07) is 13.8. The lowest BCUT2D eigenvalue weighted by atomic mass is 9.91. The maximum Gasteiger partial charge on any atom is 0.243 e. The summed E-state index contributed by atoms with van der Waals surface area (Å²) in [5.74, 6) is -2.93. The molecule has 10 heteroatoms. The fourth-order valence-corrected chi connectivity index (χ4v) is 4.56. The number of nitrogen functional groups attached to an aromatic ring is 1. The van der Waals surface area contributed by atoms with E-state index in [0.29, 0.717) is 24.2 Å². The van der Waals surface area contributed by atoms with Gasteiger partial charge in [0.05, 0.1) is 12.6 Å². The van der Waals surface area contributed by atoms with Crippen LogP contribution >= 0.6 is 0 Å². The van der Waals surface area contributed by atoms with Gasteiger partial charge in [-0.25, -0.2) is 13.8 Å². The molecule has 8 nitrogen and oxygen atoms in total. The minimum atomic E-state index is -1.77. The van der Waals surface area contributed by atoms with E-state index in [1.165, 1.54) is 17.2 Å². The van der Waals surface area contributed by atoms with Crippen LogP contribution in [-0.2, 0) is 28.2 Å². The summed E-state index contributed by atoms with van der Waals surface area (Å²) in [5.41, 5.74) is 11.9. The number of nitrogens with one attached hydrogen (secondary N) is 1. The Balaban J connectivity index is 1.54. The Morgan fingerprint density at radius 3 is 2.57 bits per heavy atom. The number of aliphatic hydroxyl groups is 1. The van der Waals surface area contributed by atoms with Crippen LogP contribution in [0.15, 0.2) is 66.9 Å². The summed E-state index contributed by atoms with van der Waals surface area (Å²) in [6.45, 7) is -0.177. The Morgan fingerprint density at radius 2 is 1.86 bits per heavy atom. The molecule has 1 aliphatic heterocycles. The Kier molecular flexibility index (Phi) is 7.80. The van der Waals surface area contributed by atoms with Gasteiger partial charge in [-0.05, 0) is 53.8 Å². The molecule has 2 heterocycles. The van der Waals surface area contributed by atoms with Gasteiger partial charge in [0.2, 0.25) is 11.8 Å². The van der Waals surface area contributed by atoms with Gasteiger partial charge in [-0.2, -0.15) is 0 Å². The van der Waals surface area contributed by atoms with E-state index in [0.717, 1.165) is 17.7 Å². The van der Waals surface area contributed by atoms with Crippen LogP contribution in [0.25, 0.3) is 0 Å². The average Bonchev–Trinajstić information content (AvgIpc) is 3.26. The molecule has 0 saturated carbocycles. The monoisotopic (exact) mass is 509 g/mol. The second-order valence-corrected chi connectivity index (χ2v) is 9.28. The SMILES string of the molecule is Nc1cc(CNC(=O)C2CC(O)(c3ccc(F)c(F)c3)CN2C(=O)C(N)CCc2ccccc2)ccn1. The van der Waals surface area contributed by atoms with E-state index in [1.807, 2.05) is 30.3 Å². The molecule has 3 unspecified atom stereocenters. The first-order valence-electron chi connectivity index (χ1n) is 11.9. The first-order chi connectivity index (χ1) is 17.7. The quantitative estimate of drug-likeness (QED) is 0.367. The Bertz CT molecular complexity index is 1280. The summed E-state index contributed by atoms with van der Waals surface area (Å²) < 4.78 is 27.5. The van der Waals surface area contributed by atoms with Crippen molar-refractivity contribution < 1.29 is 23.5 Å². The highest BCUT2D eigenvalue weighted by Crippen LogP contribution is 2.37. The number of likely N-dealkylation sites (tertiary alicyclic amines) is 1. The van der Waals surface area contributed by atoms with Crippen LogP contribution < -0.4 is 16.8 Å². The zero-order valence-corrected chi connectivity index (χ0v) is 20.1. The van der Waals surface area contributed by atoms with Crippen molar-refractivity contribution in [3.05, 3.63) is 95.2 Å². The molecule has 3 atom stereocenters. The number of β-amino-alcohol motifs (C(OH)–C–C–N with tert-alkyl or cyclic N) is 1. The number of nitrogens with zero attached hydrogens (tertiary/aromatic N) is 2. The fourth-order valence-electron chi connectivity index (χ4n) is 4.56. The van der Waals surface area contributed by atoms with Gasteiger partial charge in [0.1, 0.15) is 17.5 Å². The maximum atomic E-state index is 14.0. The highest BCUT2D eigenvalue weighted by Gasteiger charge is 2.49. The largest absolute Gasteiger partial charge is 0.384 e. The van der Waals surface area contributed by atoms with Crippen LogP contribution in [-0.4, -0.2) is 45.4 Å². The molecule has 37 heavy (non-hydrogen) atoms. The van der Waals surface area contributed by atoms with Crippen molar-refractivity contribution >= 4 is 17.6 Å². The van der Waals surface area contributed by atoms with Crippen LogP contribution in [0.1, 0.15) is 29.5 Å². The highest BCUT2D eigenvalue weighted by molar-refractivity contribution is 5.90. The Hall–Kier alpha value is -3.89. The van der Waals surface area contributed by atoms with Crippen LogP contribution in [0.5, 0.6) is 0 Å².